The van der Waals surface area contributed by atoms with Gasteiger partial charge in [0.25, 0.3) is 0 Å². The van der Waals surface area contributed by atoms with Crippen molar-refractivity contribution in [2.24, 2.45) is 5.92 Å². The van der Waals surface area contributed by atoms with Gasteiger partial charge in [-0.3, -0.25) is 0 Å². The zero-order valence-corrected chi connectivity index (χ0v) is 9.50. The summed E-state index contributed by atoms with van der Waals surface area (Å²) in [7, 11) is 1.91. The molecular weight excluding hydrogens is 176 g/mol. The number of hydrogen-bond acceptors (Lipinski definition) is 3. The molecule has 1 rings (SSSR count). The Hall–Kier alpha value is -0.830. The van der Waals surface area contributed by atoms with Crippen LogP contribution in [0.3, 0.4) is 0 Å². The summed E-state index contributed by atoms with van der Waals surface area (Å²) in [6.45, 7) is 6.47. The molecule has 0 fully saturated rings. The highest BCUT2D eigenvalue weighted by atomic mass is 16.4. The minimum Gasteiger partial charge on any atom is -0.444 e. The highest BCUT2D eigenvalue weighted by Gasteiger charge is 2.10. The zero-order chi connectivity index (χ0) is 10.6. The molecular formula is C11H20N2O. The van der Waals surface area contributed by atoms with E-state index >= 15 is 0 Å². The predicted molar refractivity (Wildman–Crippen MR) is 57.1 cm³/mol. The number of oxazole rings is 1. The Labute approximate surface area is 85.9 Å². The maximum atomic E-state index is 5.61. The number of hydrogen-bond donors (Lipinski definition) is 1. The van der Waals surface area contributed by atoms with Crippen molar-refractivity contribution in [1.29, 1.82) is 0 Å². The fourth-order valence-electron chi connectivity index (χ4n) is 1.19. The number of aryl methyl sites for hydroxylation is 1. The molecule has 0 aliphatic heterocycles. The van der Waals surface area contributed by atoms with Crippen molar-refractivity contribution < 1.29 is 4.42 Å². The summed E-state index contributed by atoms with van der Waals surface area (Å²) in [6.07, 6.45) is 3.98. The largest absolute Gasteiger partial charge is 0.444 e. The molecule has 0 saturated heterocycles. The van der Waals surface area contributed by atoms with E-state index in [0.717, 1.165) is 24.5 Å². The Morgan fingerprint density at radius 1 is 1.43 bits per heavy atom. The Morgan fingerprint density at radius 3 is 2.71 bits per heavy atom. The van der Waals surface area contributed by atoms with E-state index in [2.05, 4.69) is 24.1 Å². The normalized spacial score (nSPS) is 13.5. The van der Waals surface area contributed by atoms with E-state index in [4.69, 9.17) is 4.42 Å². The summed E-state index contributed by atoms with van der Waals surface area (Å²) < 4.78 is 5.61. The van der Waals surface area contributed by atoms with Crippen molar-refractivity contribution in [2.45, 2.75) is 39.7 Å². The van der Waals surface area contributed by atoms with Crippen LogP contribution in [0.15, 0.2) is 10.6 Å². The molecule has 0 spiro atoms. The van der Waals surface area contributed by atoms with E-state index in [0.29, 0.717) is 5.92 Å². The second kappa shape index (κ2) is 5.15. The molecule has 1 unspecified atom stereocenters. The summed E-state index contributed by atoms with van der Waals surface area (Å²) in [4.78, 5) is 4.24. The molecule has 0 amide bonds. The smallest absolute Gasteiger partial charge is 0.211 e. The third-order valence-electron chi connectivity index (χ3n) is 2.34. The Balaban J connectivity index is 2.50. The minimum absolute atomic E-state index is 0.197. The van der Waals surface area contributed by atoms with Gasteiger partial charge in [0.2, 0.25) is 5.89 Å². The lowest BCUT2D eigenvalue weighted by atomic mass is 10.1. The molecule has 3 nitrogen and oxygen atoms in total. The highest BCUT2D eigenvalue weighted by molar-refractivity contribution is 4.97. The summed E-state index contributed by atoms with van der Waals surface area (Å²) >= 11 is 0. The maximum absolute atomic E-state index is 5.61. The van der Waals surface area contributed by atoms with Crippen molar-refractivity contribution in [3.05, 3.63) is 17.8 Å². The van der Waals surface area contributed by atoms with Crippen LogP contribution in [0.5, 0.6) is 0 Å². The lowest BCUT2D eigenvalue weighted by Gasteiger charge is -2.04. The summed E-state index contributed by atoms with van der Waals surface area (Å²) in [5.74, 6) is 2.49. The second-order valence-corrected chi connectivity index (χ2v) is 4.11. The molecule has 0 bridgehead atoms. The van der Waals surface area contributed by atoms with E-state index < -0.39 is 0 Å². The molecule has 1 heterocycles. The van der Waals surface area contributed by atoms with Gasteiger partial charge in [0, 0.05) is 6.42 Å². The molecule has 1 aromatic heterocycles. The highest BCUT2D eigenvalue weighted by Crippen LogP contribution is 2.14. The van der Waals surface area contributed by atoms with Crippen LogP contribution in [-0.4, -0.2) is 12.0 Å². The van der Waals surface area contributed by atoms with Crippen molar-refractivity contribution in [3.8, 4) is 0 Å². The Bertz CT molecular complexity index is 268. The van der Waals surface area contributed by atoms with Crippen LogP contribution >= 0.6 is 0 Å². The van der Waals surface area contributed by atoms with Crippen LogP contribution in [0.1, 0.15) is 44.9 Å². The van der Waals surface area contributed by atoms with Crippen molar-refractivity contribution in [2.75, 3.05) is 7.05 Å². The fraction of sp³-hybridized carbons (Fsp3) is 0.727. The predicted octanol–water partition coefficient (Wildman–Crippen LogP) is 2.54. The first kappa shape index (κ1) is 11.2. The van der Waals surface area contributed by atoms with Crippen LogP contribution in [0, 0.1) is 5.92 Å². The molecule has 1 atom stereocenters. The molecule has 0 aliphatic rings. The molecule has 0 aromatic carbocycles. The first-order valence-corrected chi connectivity index (χ1v) is 5.25. The van der Waals surface area contributed by atoms with E-state index in [9.17, 15) is 0 Å². The van der Waals surface area contributed by atoms with Gasteiger partial charge >= 0.3 is 0 Å². The number of rotatable bonds is 5. The SMILES string of the molecule is CNC(C)c1ncc(CCC(C)C)o1. The average Bonchev–Trinajstić information content (AvgIpc) is 2.62. The van der Waals surface area contributed by atoms with Crippen molar-refractivity contribution in [1.82, 2.24) is 10.3 Å². The van der Waals surface area contributed by atoms with Crippen LogP contribution in [-0.2, 0) is 6.42 Å². The molecule has 0 radical (unpaired) electrons. The monoisotopic (exact) mass is 196 g/mol. The second-order valence-electron chi connectivity index (χ2n) is 4.11. The maximum Gasteiger partial charge on any atom is 0.211 e. The van der Waals surface area contributed by atoms with Crippen molar-refractivity contribution in [3.63, 3.8) is 0 Å². The zero-order valence-electron chi connectivity index (χ0n) is 9.50. The molecule has 1 aromatic rings. The van der Waals surface area contributed by atoms with Crippen LogP contribution < -0.4 is 5.32 Å². The average molecular weight is 196 g/mol. The van der Waals surface area contributed by atoms with Gasteiger partial charge in [-0.1, -0.05) is 13.8 Å². The standard InChI is InChI=1S/C11H20N2O/c1-8(2)5-6-10-7-13-11(14-10)9(3)12-4/h7-9,12H,5-6H2,1-4H3. The van der Waals surface area contributed by atoms with Gasteiger partial charge in [-0.25, -0.2) is 4.98 Å². The van der Waals surface area contributed by atoms with Gasteiger partial charge in [-0.2, -0.15) is 0 Å². The Morgan fingerprint density at radius 2 is 2.14 bits per heavy atom. The van der Waals surface area contributed by atoms with E-state index in [1.54, 1.807) is 0 Å². The third kappa shape index (κ3) is 3.14. The molecule has 0 aliphatic carbocycles. The number of aromatic nitrogens is 1. The van der Waals surface area contributed by atoms with Crippen LogP contribution in [0.25, 0.3) is 0 Å². The molecule has 14 heavy (non-hydrogen) atoms. The minimum atomic E-state index is 0.197. The van der Waals surface area contributed by atoms with Gasteiger partial charge in [-0.15, -0.1) is 0 Å². The van der Waals surface area contributed by atoms with Crippen LogP contribution in [0.2, 0.25) is 0 Å². The van der Waals surface area contributed by atoms with E-state index in [-0.39, 0.29) is 6.04 Å². The van der Waals surface area contributed by atoms with Crippen molar-refractivity contribution >= 4 is 0 Å². The first-order valence-electron chi connectivity index (χ1n) is 5.25. The quantitative estimate of drug-likeness (QED) is 0.786. The fourth-order valence-corrected chi connectivity index (χ4v) is 1.19. The summed E-state index contributed by atoms with van der Waals surface area (Å²) in [5, 5.41) is 3.10. The van der Waals surface area contributed by atoms with E-state index in [1.807, 2.05) is 20.2 Å². The first-order chi connectivity index (χ1) is 6.63. The third-order valence-corrected chi connectivity index (χ3v) is 2.34. The van der Waals surface area contributed by atoms with Gasteiger partial charge in [0.1, 0.15) is 5.76 Å². The topological polar surface area (TPSA) is 38.1 Å². The summed E-state index contributed by atoms with van der Waals surface area (Å²) in [6, 6.07) is 0.197. The Kier molecular flexibility index (Phi) is 4.14. The molecule has 80 valence electrons. The molecule has 1 N–H and O–H groups in total. The van der Waals surface area contributed by atoms with Crippen LogP contribution in [0.4, 0.5) is 0 Å². The van der Waals surface area contributed by atoms with Gasteiger partial charge in [-0.05, 0) is 26.3 Å². The van der Waals surface area contributed by atoms with E-state index in [1.165, 1.54) is 0 Å². The number of nitrogens with zero attached hydrogens (tertiary/aromatic N) is 1. The van der Waals surface area contributed by atoms with Gasteiger partial charge in [0.05, 0.1) is 12.2 Å². The summed E-state index contributed by atoms with van der Waals surface area (Å²) in [5.41, 5.74) is 0. The lowest BCUT2D eigenvalue weighted by Crippen LogP contribution is -2.12. The van der Waals surface area contributed by atoms with Gasteiger partial charge in [0.15, 0.2) is 0 Å². The number of nitrogens with one attached hydrogen (secondary N) is 1. The molecule has 3 heteroatoms. The molecule has 0 saturated carbocycles. The lowest BCUT2D eigenvalue weighted by molar-refractivity contribution is 0.398. The van der Waals surface area contributed by atoms with Gasteiger partial charge < -0.3 is 9.73 Å².